The van der Waals surface area contributed by atoms with Crippen molar-refractivity contribution in [2.24, 2.45) is 0 Å². The molecule has 0 aliphatic carbocycles. The van der Waals surface area contributed by atoms with Gasteiger partial charge in [0.05, 0.1) is 10.6 Å². The molecule has 120 valence electrons. The van der Waals surface area contributed by atoms with Gasteiger partial charge in [-0.3, -0.25) is 0 Å². The van der Waals surface area contributed by atoms with Gasteiger partial charge in [-0.05, 0) is 0 Å². The van der Waals surface area contributed by atoms with Crippen LogP contribution in [0.15, 0.2) is 102 Å². The Morgan fingerprint density at radius 2 is 0.958 bits per heavy atom. The molecule has 0 saturated carbocycles. The van der Waals surface area contributed by atoms with Gasteiger partial charge in [0.25, 0.3) is 0 Å². The number of benzene rings is 3. The van der Waals surface area contributed by atoms with Crippen LogP contribution in [-0.4, -0.2) is 6.15 Å². The second-order valence-electron chi connectivity index (χ2n) is 6.01. The van der Waals surface area contributed by atoms with Gasteiger partial charge in [0.2, 0.25) is 0 Å². The predicted molar refractivity (Wildman–Crippen MR) is 109 cm³/mol. The monoisotopic (exact) mass is 351 g/mol. The zero-order chi connectivity index (χ0) is 16.8. The highest BCUT2D eigenvalue weighted by Crippen LogP contribution is 2.17. The third-order valence-corrected chi connectivity index (χ3v) is 5.04. The lowest BCUT2D eigenvalue weighted by Crippen LogP contribution is -2.66. The standard InChI is InChI=1S/C21H18BCl2/c23-21(24)16-17-22(18-10-4-1-5-11-18,19-12-6-2-7-13-19)20-14-8-3-9-15-20/h1-16H,17H2/q-1. The summed E-state index contributed by atoms with van der Waals surface area (Å²) < 4.78 is 0.309. The van der Waals surface area contributed by atoms with Gasteiger partial charge in [0.15, 0.2) is 0 Å². The molecule has 3 aromatic rings. The number of allylic oxidation sites excluding steroid dienone is 1. The van der Waals surface area contributed by atoms with E-state index >= 15 is 0 Å². The summed E-state index contributed by atoms with van der Waals surface area (Å²) in [6.45, 7) is 0. The summed E-state index contributed by atoms with van der Waals surface area (Å²) in [5.74, 6) is 0. The highest BCUT2D eigenvalue weighted by Gasteiger charge is 2.28. The topological polar surface area (TPSA) is 0 Å². The molecule has 0 atom stereocenters. The molecular formula is C21H18BCl2-. The number of hydrogen-bond donors (Lipinski definition) is 0. The summed E-state index contributed by atoms with van der Waals surface area (Å²) in [5, 5.41) is 0. The molecule has 3 heteroatoms. The van der Waals surface area contributed by atoms with Gasteiger partial charge >= 0.3 is 0 Å². The molecular weight excluding hydrogens is 334 g/mol. The fourth-order valence-electron chi connectivity index (χ4n) is 3.60. The molecule has 0 saturated heterocycles. The second kappa shape index (κ2) is 7.74. The third kappa shape index (κ3) is 3.43. The molecule has 3 rings (SSSR count). The number of hydrogen-bond acceptors (Lipinski definition) is 0. The molecule has 0 bridgehead atoms. The van der Waals surface area contributed by atoms with Crippen molar-refractivity contribution in [2.75, 3.05) is 0 Å². The number of rotatable bonds is 5. The molecule has 3 aromatic carbocycles. The van der Waals surface area contributed by atoms with Crippen molar-refractivity contribution in [1.29, 1.82) is 0 Å². The van der Waals surface area contributed by atoms with Crippen LogP contribution in [0.25, 0.3) is 0 Å². The van der Waals surface area contributed by atoms with Gasteiger partial charge in [-0.1, -0.05) is 120 Å². The summed E-state index contributed by atoms with van der Waals surface area (Å²) in [5.41, 5.74) is 3.84. The van der Waals surface area contributed by atoms with Gasteiger partial charge in [0.1, 0.15) is 0 Å². The Morgan fingerprint density at radius 1 is 0.625 bits per heavy atom. The first kappa shape index (κ1) is 16.9. The third-order valence-electron chi connectivity index (χ3n) is 4.73. The summed E-state index contributed by atoms with van der Waals surface area (Å²) in [7, 11) is 0. The Balaban J connectivity index is 2.30. The number of halogens is 2. The van der Waals surface area contributed by atoms with Gasteiger partial charge in [-0.25, -0.2) is 0 Å². The first-order valence-corrected chi connectivity index (χ1v) is 8.84. The SMILES string of the molecule is ClC(Cl)=CC[B-](c1ccccc1)(c1ccccc1)c1ccccc1. The molecule has 0 aliphatic heterocycles. The van der Waals surface area contributed by atoms with Crippen LogP contribution >= 0.6 is 23.2 Å². The van der Waals surface area contributed by atoms with Crippen molar-refractivity contribution >= 4 is 45.7 Å². The van der Waals surface area contributed by atoms with Crippen LogP contribution in [0.2, 0.25) is 6.32 Å². The summed E-state index contributed by atoms with van der Waals surface area (Å²) >= 11 is 12.0. The average Bonchev–Trinajstić information content (AvgIpc) is 2.65. The van der Waals surface area contributed by atoms with E-state index in [-0.39, 0.29) is 0 Å². The van der Waals surface area contributed by atoms with Crippen LogP contribution in [0.5, 0.6) is 0 Å². The van der Waals surface area contributed by atoms with E-state index in [9.17, 15) is 0 Å². The van der Waals surface area contributed by atoms with Crippen molar-refractivity contribution in [2.45, 2.75) is 6.32 Å². The Hall–Kier alpha value is -1.96. The molecule has 0 fully saturated rings. The lowest BCUT2D eigenvalue weighted by molar-refractivity contribution is 1.56. The zero-order valence-corrected chi connectivity index (χ0v) is 14.8. The first-order chi connectivity index (χ1) is 11.7. The van der Waals surface area contributed by atoms with E-state index in [4.69, 9.17) is 23.2 Å². The molecule has 24 heavy (non-hydrogen) atoms. The molecule has 0 heterocycles. The highest BCUT2D eigenvalue weighted by molar-refractivity contribution is 7.11. The fourth-order valence-corrected chi connectivity index (χ4v) is 3.77. The molecule has 0 radical (unpaired) electrons. The predicted octanol–water partition coefficient (Wildman–Crippen LogP) is 4.48. The maximum Gasteiger partial charge on any atom is 0.0992 e. The van der Waals surface area contributed by atoms with E-state index in [0.29, 0.717) is 4.49 Å². The van der Waals surface area contributed by atoms with E-state index < -0.39 is 6.15 Å². The first-order valence-electron chi connectivity index (χ1n) is 8.08. The molecule has 0 aromatic heterocycles. The van der Waals surface area contributed by atoms with Crippen LogP contribution in [-0.2, 0) is 0 Å². The average molecular weight is 352 g/mol. The van der Waals surface area contributed by atoms with Crippen LogP contribution < -0.4 is 16.4 Å². The second-order valence-corrected chi connectivity index (χ2v) is 7.01. The van der Waals surface area contributed by atoms with E-state index in [2.05, 4.69) is 72.8 Å². The van der Waals surface area contributed by atoms with Crippen LogP contribution in [0.1, 0.15) is 0 Å². The van der Waals surface area contributed by atoms with Crippen molar-refractivity contribution in [3.05, 3.63) is 102 Å². The van der Waals surface area contributed by atoms with Gasteiger partial charge < -0.3 is 0 Å². The van der Waals surface area contributed by atoms with Crippen molar-refractivity contribution < 1.29 is 0 Å². The Kier molecular flexibility index (Phi) is 5.45. The minimum atomic E-state index is -1.19. The molecule has 0 nitrogen and oxygen atoms in total. The lowest BCUT2D eigenvalue weighted by Gasteiger charge is -2.42. The normalized spacial score (nSPS) is 11.1. The Labute approximate surface area is 153 Å². The van der Waals surface area contributed by atoms with Gasteiger partial charge in [0, 0.05) is 0 Å². The Bertz CT molecular complexity index is 698. The minimum absolute atomic E-state index is 0.309. The van der Waals surface area contributed by atoms with Crippen LogP contribution in [0.3, 0.4) is 0 Å². The van der Waals surface area contributed by atoms with Crippen LogP contribution in [0.4, 0.5) is 0 Å². The Morgan fingerprint density at radius 3 is 1.25 bits per heavy atom. The lowest BCUT2D eigenvalue weighted by atomic mass is 9.14. The minimum Gasteiger partial charge on any atom is -0.200 e. The maximum absolute atomic E-state index is 5.98. The van der Waals surface area contributed by atoms with Crippen molar-refractivity contribution in [1.82, 2.24) is 0 Å². The van der Waals surface area contributed by atoms with Crippen molar-refractivity contribution in [3.63, 3.8) is 0 Å². The highest BCUT2D eigenvalue weighted by atomic mass is 35.5. The quantitative estimate of drug-likeness (QED) is 0.594. The van der Waals surface area contributed by atoms with Crippen LogP contribution in [0, 0.1) is 0 Å². The van der Waals surface area contributed by atoms with Crippen molar-refractivity contribution in [3.8, 4) is 0 Å². The zero-order valence-electron chi connectivity index (χ0n) is 13.3. The molecule has 0 amide bonds. The maximum atomic E-state index is 5.98. The van der Waals surface area contributed by atoms with E-state index in [0.717, 1.165) is 6.32 Å². The largest absolute Gasteiger partial charge is 0.200 e. The summed E-state index contributed by atoms with van der Waals surface area (Å²) in [4.78, 5) is 0. The molecule has 0 unspecified atom stereocenters. The summed E-state index contributed by atoms with van der Waals surface area (Å²) in [6, 6.07) is 31.8. The van der Waals surface area contributed by atoms with Gasteiger partial charge in [-0.15, -0.1) is 6.32 Å². The molecule has 0 aliphatic rings. The van der Waals surface area contributed by atoms with E-state index in [1.807, 2.05) is 24.3 Å². The van der Waals surface area contributed by atoms with E-state index in [1.165, 1.54) is 16.4 Å². The smallest absolute Gasteiger partial charge is 0.0992 e. The van der Waals surface area contributed by atoms with Gasteiger partial charge in [-0.2, -0.15) is 16.4 Å². The van der Waals surface area contributed by atoms with E-state index in [1.54, 1.807) is 0 Å². The molecule has 0 N–H and O–H groups in total. The fraction of sp³-hybridized carbons (Fsp3) is 0.0476. The summed E-state index contributed by atoms with van der Waals surface area (Å²) in [6.07, 6.45) is 1.47. The molecule has 0 spiro atoms.